The fourth-order valence-corrected chi connectivity index (χ4v) is 3.91. The molecule has 1 N–H and O–H groups in total. The van der Waals surface area contributed by atoms with Crippen molar-refractivity contribution < 1.29 is 0 Å². The second kappa shape index (κ2) is 5.31. The molecule has 22 heavy (non-hydrogen) atoms. The maximum Gasteiger partial charge on any atom is 0.155 e. The number of hydrogen-bond donors (Lipinski definition) is 1. The number of rotatable bonds is 2. The van der Waals surface area contributed by atoms with E-state index in [0.717, 1.165) is 59.4 Å². The summed E-state index contributed by atoms with van der Waals surface area (Å²) in [5.41, 5.74) is 0. The molecule has 0 aliphatic carbocycles. The molecule has 1 saturated heterocycles. The molecule has 4 heterocycles. The molecule has 6 nitrogen and oxygen atoms in total. The van der Waals surface area contributed by atoms with Gasteiger partial charge in [-0.3, -0.25) is 5.10 Å². The highest BCUT2D eigenvalue weighted by Gasteiger charge is 2.26. The van der Waals surface area contributed by atoms with E-state index in [2.05, 4.69) is 36.5 Å². The van der Waals surface area contributed by atoms with Crippen LogP contribution in [-0.4, -0.2) is 38.2 Å². The maximum atomic E-state index is 4.70. The summed E-state index contributed by atoms with van der Waals surface area (Å²) in [5.74, 6) is 4.06. The van der Waals surface area contributed by atoms with Crippen LogP contribution in [0.3, 0.4) is 0 Å². The number of aromatic nitrogens is 5. The molecule has 1 aliphatic rings. The molecule has 0 radical (unpaired) electrons. The van der Waals surface area contributed by atoms with Crippen LogP contribution in [0.15, 0.2) is 11.4 Å². The normalized spacial score (nSPS) is 19.0. The Kier molecular flexibility index (Phi) is 3.29. The Morgan fingerprint density at radius 2 is 2.18 bits per heavy atom. The van der Waals surface area contributed by atoms with E-state index in [1.54, 1.807) is 11.3 Å². The molecule has 1 aliphatic heterocycles. The van der Waals surface area contributed by atoms with Crippen molar-refractivity contribution in [2.75, 3.05) is 18.0 Å². The largest absolute Gasteiger partial charge is 0.355 e. The third-order valence-electron chi connectivity index (χ3n) is 4.12. The van der Waals surface area contributed by atoms with Gasteiger partial charge in [0.05, 0.1) is 5.39 Å². The second-order valence-electron chi connectivity index (χ2n) is 5.80. The van der Waals surface area contributed by atoms with Crippen LogP contribution >= 0.6 is 11.3 Å². The van der Waals surface area contributed by atoms with E-state index in [0.29, 0.717) is 5.92 Å². The summed E-state index contributed by atoms with van der Waals surface area (Å²) in [4.78, 5) is 17.2. The molecule has 4 rings (SSSR count). The molecule has 3 aromatic rings. The van der Waals surface area contributed by atoms with Gasteiger partial charge in [-0.25, -0.2) is 15.0 Å². The molecule has 114 valence electrons. The Morgan fingerprint density at radius 3 is 3.00 bits per heavy atom. The summed E-state index contributed by atoms with van der Waals surface area (Å²) in [7, 11) is 0. The number of piperidine rings is 1. The van der Waals surface area contributed by atoms with E-state index in [9.17, 15) is 0 Å². The van der Waals surface area contributed by atoms with E-state index < -0.39 is 0 Å². The zero-order valence-corrected chi connectivity index (χ0v) is 13.5. The molecule has 1 fully saturated rings. The number of aromatic amines is 1. The SMILES string of the molecule is Cc1nc(N2CCC[C@@H](c3n[nH]c(C)n3)C2)c2ccsc2n1. The maximum absolute atomic E-state index is 4.70. The molecule has 3 aromatic heterocycles. The fraction of sp³-hybridized carbons (Fsp3) is 0.467. The minimum atomic E-state index is 0.364. The van der Waals surface area contributed by atoms with Gasteiger partial charge >= 0.3 is 0 Å². The zero-order valence-electron chi connectivity index (χ0n) is 12.7. The van der Waals surface area contributed by atoms with Gasteiger partial charge in [0.25, 0.3) is 0 Å². The van der Waals surface area contributed by atoms with Gasteiger partial charge in [-0.15, -0.1) is 11.3 Å². The van der Waals surface area contributed by atoms with Gasteiger partial charge < -0.3 is 4.90 Å². The summed E-state index contributed by atoms with van der Waals surface area (Å²) < 4.78 is 0. The molecule has 7 heteroatoms. The van der Waals surface area contributed by atoms with E-state index in [4.69, 9.17) is 4.98 Å². The number of thiophene rings is 1. The standard InChI is InChI=1S/C15H18N6S/c1-9-17-14(12-5-7-22-15(12)18-9)21-6-3-4-11(8-21)13-16-10(2)19-20-13/h5,7,11H,3-4,6,8H2,1-2H3,(H,16,19,20)/t11-/m1/s1. The first-order chi connectivity index (χ1) is 10.7. The van der Waals surface area contributed by atoms with E-state index >= 15 is 0 Å². The lowest BCUT2D eigenvalue weighted by Gasteiger charge is -2.32. The number of H-pyrrole nitrogens is 1. The number of nitrogens with zero attached hydrogens (tertiary/aromatic N) is 5. The first-order valence-corrected chi connectivity index (χ1v) is 8.44. The van der Waals surface area contributed by atoms with Crippen molar-refractivity contribution in [3.63, 3.8) is 0 Å². The Hall–Kier alpha value is -2.02. The second-order valence-corrected chi connectivity index (χ2v) is 6.69. The van der Waals surface area contributed by atoms with Crippen LogP contribution in [0, 0.1) is 13.8 Å². The average Bonchev–Trinajstić information content (AvgIpc) is 3.15. The van der Waals surface area contributed by atoms with Crippen molar-refractivity contribution in [1.29, 1.82) is 0 Å². The smallest absolute Gasteiger partial charge is 0.155 e. The number of anilines is 1. The van der Waals surface area contributed by atoms with E-state index in [1.807, 2.05) is 13.8 Å². The molecule has 0 spiro atoms. The van der Waals surface area contributed by atoms with Crippen LogP contribution in [0.25, 0.3) is 10.2 Å². The summed E-state index contributed by atoms with van der Waals surface area (Å²) in [6, 6.07) is 2.12. The number of hydrogen-bond acceptors (Lipinski definition) is 6. The van der Waals surface area contributed by atoms with Gasteiger partial charge in [0, 0.05) is 19.0 Å². The van der Waals surface area contributed by atoms with E-state index in [1.165, 1.54) is 0 Å². The minimum Gasteiger partial charge on any atom is -0.355 e. The molecule has 1 atom stereocenters. The highest BCUT2D eigenvalue weighted by molar-refractivity contribution is 7.16. The fourth-order valence-electron chi connectivity index (χ4n) is 3.11. The van der Waals surface area contributed by atoms with Crippen LogP contribution in [0.5, 0.6) is 0 Å². The van der Waals surface area contributed by atoms with Gasteiger partial charge in [0.1, 0.15) is 22.3 Å². The van der Waals surface area contributed by atoms with Gasteiger partial charge in [-0.05, 0) is 38.1 Å². The topological polar surface area (TPSA) is 70.6 Å². The molecule has 0 aromatic carbocycles. The van der Waals surface area contributed by atoms with Crippen molar-refractivity contribution in [1.82, 2.24) is 25.1 Å². The van der Waals surface area contributed by atoms with Gasteiger partial charge in [-0.2, -0.15) is 5.10 Å². The predicted molar refractivity (Wildman–Crippen MR) is 87.5 cm³/mol. The Bertz CT molecular complexity index is 807. The minimum absolute atomic E-state index is 0.364. The van der Waals surface area contributed by atoms with Crippen LogP contribution < -0.4 is 4.90 Å². The van der Waals surface area contributed by atoms with Crippen molar-refractivity contribution >= 4 is 27.4 Å². The molecule has 0 amide bonds. The molecular formula is C15H18N6S. The molecule has 0 unspecified atom stereocenters. The number of fused-ring (bicyclic) bond motifs is 1. The summed E-state index contributed by atoms with van der Waals surface area (Å²) in [6.45, 7) is 5.85. The van der Waals surface area contributed by atoms with Gasteiger partial charge in [0.15, 0.2) is 5.82 Å². The predicted octanol–water partition coefficient (Wildman–Crippen LogP) is 2.81. The molecule has 0 saturated carbocycles. The number of aryl methyl sites for hydroxylation is 2. The Labute approximate surface area is 132 Å². The lowest BCUT2D eigenvalue weighted by atomic mass is 9.97. The van der Waals surface area contributed by atoms with Crippen LogP contribution in [0.2, 0.25) is 0 Å². The van der Waals surface area contributed by atoms with Crippen molar-refractivity contribution in [3.05, 3.63) is 28.9 Å². The van der Waals surface area contributed by atoms with E-state index in [-0.39, 0.29) is 0 Å². The highest BCUT2D eigenvalue weighted by Crippen LogP contribution is 2.32. The first kappa shape index (κ1) is 13.6. The third-order valence-corrected chi connectivity index (χ3v) is 4.92. The summed E-state index contributed by atoms with van der Waals surface area (Å²) >= 11 is 1.67. The number of nitrogens with one attached hydrogen (secondary N) is 1. The molecule has 0 bridgehead atoms. The zero-order chi connectivity index (χ0) is 15.1. The van der Waals surface area contributed by atoms with Gasteiger partial charge in [0.2, 0.25) is 0 Å². The van der Waals surface area contributed by atoms with Crippen LogP contribution in [0.4, 0.5) is 5.82 Å². The summed E-state index contributed by atoms with van der Waals surface area (Å²) in [6.07, 6.45) is 2.26. The highest BCUT2D eigenvalue weighted by atomic mass is 32.1. The van der Waals surface area contributed by atoms with Crippen LogP contribution in [-0.2, 0) is 0 Å². The van der Waals surface area contributed by atoms with Gasteiger partial charge in [-0.1, -0.05) is 0 Å². The molecular weight excluding hydrogens is 296 g/mol. The summed E-state index contributed by atoms with van der Waals surface area (Å²) in [5, 5.41) is 10.5. The third kappa shape index (κ3) is 2.35. The average molecular weight is 314 g/mol. The lowest BCUT2D eigenvalue weighted by Crippen LogP contribution is -2.35. The lowest BCUT2D eigenvalue weighted by molar-refractivity contribution is 0.490. The van der Waals surface area contributed by atoms with Crippen LogP contribution in [0.1, 0.15) is 36.2 Å². The van der Waals surface area contributed by atoms with Crippen molar-refractivity contribution in [2.24, 2.45) is 0 Å². The Balaban J connectivity index is 1.68. The van der Waals surface area contributed by atoms with Crippen molar-refractivity contribution in [2.45, 2.75) is 32.6 Å². The first-order valence-electron chi connectivity index (χ1n) is 7.56. The monoisotopic (exact) mass is 314 g/mol. The Morgan fingerprint density at radius 1 is 1.27 bits per heavy atom. The van der Waals surface area contributed by atoms with Crippen molar-refractivity contribution in [3.8, 4) is 0 Å². The quantitative estimate of drug-likeness (QED) is 0.787.